The average molecular weight is 406 g/mol. The van der Waals surface area contributed by atoms with Crippen LogP contribution in [0.4, 0.5) is 4.79 Å². The summed E-state index contributed by atoms with van der Waals surface area (Å²) in [5, 5.41) is 2.52. The minimum Gasteiger partial charge on any atom is -0.493 e. The highest BCUT2D eigenvalue weighted by Crippen LogP contribution is 2.40. The van der Waals surface area contributed by atoms with Gasteiger partial charge in [-0.1, -0.05) is 24.3 Å². The Morgan fingerprint density at radius 2 is 1.80 bits per heavy atom. The molecule has 0 atom stereocenters. The molecule has 0 radical (unpaired) electrons. The predicted octanol–water partition coefficient (Wildman–Crippen LogP) is 4.29. The maximum Gasteiger partial charge on any atom is 0.407 e. The average Bonchev–Trinajstić information content (AvgIpc) is 3.06. The van der Waals surface area contributed by atoms with Gasteiger partial charge in [-0.3, -0.25) is 0 Å². The van der Waals surface area contributed by atoms with E-state index >= 15 is 0 Å². The summed E-state index contributed by atoms with van der Waals surface area (Å²) in [5.74, 6) is 1.34. The summed E-state index contributed by atoms with van der Waals surface area (Å²) < 4.78 is 18.7. The fraction of sp³-hybridized carbons (Fsp3) is 0.292. The van der Waals surface area contributed by atoms with E-state index in [4.69, 9.17) is 14.2 Å². The number of methoxy groups -OCH3 is 2. The van der Waals surface area contributed by atoms with Crippen LogP contribution < -0.4 is 14.8 Å². The van der Waals surface area contributed by atoms with Gasteiger partial charge in [0.1, 0.15) is 6.61 Å². The van der Waals surface area contributed by atoms with Gasteiger partial charge < -0.3 is 24.1 Å². The number of nitrogens with zero attached hydrogens (tertiary/aromatic N) is 1. The number of carbonyl (C=O) groups is 1. The number of fused-ring (bicyclic) bond motifs is 2. The number of alkyl carbamates (subject to hydrolysis) is 1. The molecule has 1 aromatic heterocycles. The molecular weight excluding hydrogens is 380 g/mol. The number of hydrogen-bond acceptors (Lipinski definition) is 4. The predicted molar refractivity (Wildman–Crippen MR) is 115 cm³/mol. The first kappa shape index (κ1) is 19.9. The largest absolute Gasteiger partial charge is 0.493 e. The van der Waals surface area contributed by atoms with Crippen molar-refractivity contribution in [2.45, 2.75) is 26.5 Å². The van der Waals surface area contributed by atoms with Crippen molar-refractivity contribution in [3.05, 3.63) is 70.4 Å². The van der Waals surface area contributed by atoms with Gasteiger partial charge in [0, 0.05) is 36.8 Å². The van der Waals surface area contributed by atoms with Gasteiger partial charge in [0.25, 0.3) is 0 Å². The van der Waals surface area contributed by atoms with Crippen LogP contribution in [0, 0.1) is 6.92 Å². The lowest BCUT2D eigenvalue weighted by molar-refractivity contribution is 0.142. The van der Waals surface area contributed by atoms with Gasteiger partial charge in [0.05, 0.1) is 19.9 Å². The van der Waals surface area contributed by atoms with Crippen LogP contribution in [0.15, 0.2) is 42.5 Å². The highest BCUT2D eigenvalue weighted by molar-refractivity contribution is 5.72. The summed E-state index contributed by atoms with van der Waals surface area (Å²) in [4.78, 5) is 11.8. The Morgan fingerprint density at radius 1 is 1.07 bits per heavy atom. The van der Waals surface area contributed by atoms with Crippen molar-refractivity contribution in [2.24, 2.45) is 0 Å². The van der Waals surface area contributed by atoms with Crippen LogP contribution in [-0.2, 0) is 24.3 Å². The second-order valence-corrected chi connectivity index (χ2v) is 7.33. The first-order valence-corrected chi connectivity index (χ1v) is 9.91. The van der Waals surface area contributed by atoms with Gasteiger partial charge in [-0.2, -0.15) is 0 Å². The van der Waals surface area contributed by atoms with Crippen LogP contribution >= 0.6 is 0 Å². The number of aromatic nitrogens is 1. The van der Waals surface area contributed by atoms with Gasteiger partial charge in [-0.15, -0.1) is 0 Å². The van der Waals surface area contributed by atoms with Crippen LogP contribution in [0.2, 0.25) is 0 Å². The van der Waals surface area contributed by atoms with Crippen LogP contribution in [0.5, 0.6) is 11.5 Å². The van der Waals surface area contributed by atoms with Crippen LogP contribution in [0.25, 0.3) is 11.3 Å². The van der Waals surface area contributed by atoms with E-state index in [-0.39, 0.29) is 6.61 Å². The number of benzene rings is 2. The molecule has 3 aromatic rings. The zero-order valence-electron chi connectivity index (χ0n) is 17.7. The number of carbonyl (C=O) groups excluding carboxylic acids is 1. The summed E-state index contributed by atoms with van der Waals surface area (Å²) in [6.07, 6.45) is 0.405. The lowest BCUT2D eigenvalue weighted by Crippen LogP contribution is -2.19. The third-order valence-electron chi connectivity index (χ3n) is 5.78. The molecule has 1 N–H and O–H groups in total. The maximum absolute atomic E-state index is 11.8. The van der Waals surface area contributed by atoms with Crippen LogP contribution in [0.1, 0.15) is 27.9 Å². The third-order valence-corrected chi connectivity index (χ3v) is 5.78. The molecule has 0 spiro atoms. The summed E-state index contributed by atoms with van der Waals surface area (Å²) in [7, 11) is 4.82. The lowest BCUT2D eigenvalue weighted by Gasteiger charge is -2.22. The number of hydrogen-bond donors (Lipinski definition) is 1. The molecule has 1 amide bonds. The van der Waals surface area contributed by atoms with E-state index in [1.807, 2.05) is 18.2 Å². The standard InChI is InChI=1S/C24H26N2O4/c1-15-19(14-30-24(27)25-2)23(17-9-10-21(28-3)22(12-17)29-4)26-13-18-8-6-5-7-16(18)11-20(15)26/h5-10,12H,11,13-14H2,1-4H3,(H,25,27). The SMILES string of the molecule is CNC(=O)OCc1c(C)c2n(c1-c1ccc(OC)c(OC)c1)Cc1ccccc1C2. The molecule has 2 aromatic carbocycles. The molecule has 0 bridgehead atoms. The normalized spacial score (nSPS) is 12.0. The minimum absolute atomic E-state index is 0.200. The fourth-order valence-corrected chi connectivity index (χ4v) is 4.19. The highest BCUT2D eigenvalue weighted by Gasteiger charge is 2.26. The molecule has 0 fully saturated rings. The van der Waals surface area contributed by atoms with E-state index in [0.29, 0.717) is 11.5 Å². The summed E-state index contributed by atoms with van der Waals surface area (Å²) in [6.45, 7) is 3.08. The quantitative estimate of drug-likeness (QED) is 0.537. The summed E-state index contributed by atoms with van der Waals surface area (Å²) >= 11 is 0. The zero-order chi connectivity index (χ0) is 21.3. The molecule has 0 aliphatic carbocycles. The van der Waals surface area contributed by atoms with E-state index in [0.717, 1.165) is 35.3 Å². The summed E-state index contributed by atoms with van der Waals surface area (Å²) in [5.41, 5.74) is 8.09. The van der Waals surface area contributed by atoms with Gasteiger partial charge in [0.2, 0.25) is 0 Å². The Bertz CT molecular complexity index is 1100. The first-order chi connectivity index (χ1) is 14.6. The number of rotatable bonds is 5. The van der Waals surface area contributed by atoms with Crippen molar-refractivity contribution in [1.29, 1.82) is 0 Å². The van der Waals surface area contributed by atoms with Crippen molar-refractivity contribution in [2.75, 3.05) is 21.3 Å². The van der Waals surface area contributed by atoms with Crippen molar-refractivity contribution in [3.63, 3.8) is 0 Å². The molecule has 1 aliphatic heterocycles. The van der Waals surface area contributed by atoms with Gasteiger partial charge in [0.15, 0.2) is 11.5 Å². The Hall–Kier alpha value is -3.41. The second-order valence-electron chi connectivity index (χ2n) is 7.33. The first-order valence-electron chi connectivity index (χ1n) is 9.91. The van der Waals surface area contributed by atoms with Crippen molar-refractivity contribution in [1.82, 2.24) is 9.88 Å². The molecule has 4 rings (SSSR count). The van der Waals surface area contributed by atoms with Crippen molar-refractivity contribution in [3.8, 4) is 22.8 Å². The Balaban J connectivity index is 1.87. The van der Waals surface area contributed by atoms with Crippen molar-refractivity contribution < 1.29 is 19.0 Å². The van der Waals surface area contributed by atoms with Gasteiger partial charge in [-0.25, -0.2) is 4.79 Å². The van der Waals surface area contributed by atoms with Crippen LogP contribution in [-0.4, -0.2) is 31.9 Å². The monoisotopic (exact) mass is 406 g/mol. The molecule has 156 valence electrons. The smallest absolute Gasteiger partial charge is 0.407 e. The molecule has 6 nitrogen and oxygen atoms in total. The summed E-state index contributed by atoms with van der Waals surface area (Å²) in [6, 6.07) is 14.4. The zero-order valence-corrected chi connectivity index (χ0v) is 17.7. The van der Waals surface area contributed by atoms with Gasteiger partial charge >= 0.3 is 6.09 Å². The van der Waals surface area contributed by atoms with Crippen molar-refractivity contribution >= 4 is 6.09 Å². The van der Waals surface area contributed by atoms with E-state index in [2.05, 4.69) is 41.1 Å². The van der Waals surface area contributed by atoms with E-state index in [1.54, 1.807) is 21.3 Å². The molecule has 2 heterocycles. The van der Waals surface area contributed by atoms with E-state index in [9.17, 15) is 4.79 Å². The molecule has 0 saturated heterocycles. The molecule has 0 unspecified atom stereocenters. The molecule has 0 saturated carbocycles. The maximum atomic E-state index is 11.8. The third kappa shape index (κ3) is 3.38. The number of amides is 1. The molecule has 1 aliphatic rings. The molecule has 6 heteroatoms. The molecular formula is C24H26N2O4. The number of nitrogens with one attached hydrogen (secondary N) is 1. The number of ether oxygens (including phenoxy) is 3. The highest BCUT2D eigenvalue weighted by atomic mass is 16.5. The van der Waals surface area contributed by atoms with Gasteiger partial charge in [-0.05, 0) is 41.8 Å². The minimum atomic E-state index is -0.444. The van der Waals surface area contributed by atoms with E-state index in [1.165, 1.54) is 16.8 Å². The van der Waals surface area contributed by atoms with Crippen LogP contribution in [0.3, 0.4) is 0 Å². The topological polar surface area (TPSA) is 61.7 Å². The Morgan fingerprint density at radius 3 is 2.50 bits per heavy atom. The Labute approximate surface area is 176 Å². The molecule has 30 heavy (non-hydrogen) atoms. The van der Waals surface area contributed by atoms with E-state index < -0.39 is 6.09 Å². The Kier molecular flexibility index (Phi) is 5.40. The second kappa shape index (κ2) is 8.14. The lowest BCUT2D eigenvalue weighted by atomic mass is 9.97. The fourth-order valence-electron chi connectivity index (χ4n) is 4.19.